The van der Waals surface area contributed by atoms with Gasteiger partial charge in [-0.1, -0.05) is 23.7 Å². The summed E-state index contributed by atoms with van der Waals surface area (Å²) in [5.41, 5.74) is 0.484. The number of anilines is 1. The number of carbonyl (C=O) groups is 1. The molecule has 2 aromatic rings. The quantitative estimate of drug-likeness (QED) is 0.879. The molecule has 1 heterocycles. The van der Waals surface area contributed by atoms with Crippen LogP contribution in [0.5, 0.6) is 0 Å². The number of aromatic nitrogens is 1. The summed E-state index contributed by atoms with van der Waals surface area (Å²) in [6.45, 7) is 0. The molecule has 0 unspecified atom stereocenters. The van der Waals surface area contributed by atoms with E-state index in [1.54, 1.807) is 24.3 Å². The first kappa shape index (κ1) is 15.3. The van der Waals surface area contributed by atoms with Crippen LogP contribution in [0.25, 0.3) is 0 Å². The van der Waals surface area contributed by atoms with E-state index in [4.69, 9.17) is 16.7 Å². The van der Waals surface area contributed by atoms with Crippen molar-refractivity contribution in [1.29, 1.82) is 0 Å². The number of hydrogen-bond donors (Lipinski definition) is 2. The fraction of sp³-hybridized carbons (Fsp3) is 0.0769. The van der Waals surface area contributed by atoms with Gasteiger partial charge in [-0.05, 0) is 29.8 Å². The second-order valence-electron chi connectivity index (χ2n) is 4.22. The number of nitrogens with zero attached hydrogens (tertiary/aromatic N) is 1. The maximum Gasteiger partial charge on any atom is 0.354 e. The van der Waals surface area contributed by atoms with Crippen LogP contribution in [0.4, 0.5) is 5.69 Å². The molecule has 0 aliphatic heterocycles. The fourth-order valence-corrected chi connectivity index (χ4v) is 2.94. The summed E-state index contributed by atoms with van der Waals surface area (Å²) in [6, 6.07) is 8.95. The molecule has 0 aliphatic carbocycles. The average Bonchev–Trinajstić information content (AvgIpc) is 2.41. The molecule has 21 heavy (non-hydrogen) atoms. The molecule has 0 saturated heterocycles. The largest absolute Gasteiger partial charge is 0.477 e. The van der Waals surface area contributed by atoms with Crippen LogP contribution < -0.4 is 4.72 Å². The fourth-order valence-electron chi connectivity index (χ4n) is 1.63. The van der Waals surface area contributed by atoms with Crippen molar-refractivity contribution in [3.63, 3.8) is 0 Å². The van der Waals surface area contributed by atoms with Crippen LogP contribution in [-0.2, 0) is 15.8 Å². The molecular weight excluding hydrogens is 316 g/mol. The van der Waals surface area contributed by atoms with Crippen molar-refractivity contribution >= 4 is 33.3 Å². The van der Waals surface area contributed by atoms with Crippen molar-refractivity contribution in [3.8, 4) is 0 Å². The molecule has 8 heteroatoms. The smallest absolute Gasteiger partial charge is 0.354 e. The van der Waals surface area contributed by atoms with E-state index in [-0.39, 0.29) is 17.1 Å². The number of nitrogens with one attached hydrogen (secondary N) is 1. The highest BCUT2D eigenvalue weighted by Gasteiger charge is 2.13. The minimum absolute atomic E-state index is 0.149. The molecule has 1 aromatic heterocycles. The number of carboxylic acid groups (broad SMARTS) is 1. The van der Waals surface area contributed by atoms with E-state index in [2.05, 4.69) is 9.71 Å². The molecule has 0 saturated carbocycles. The van der Waals surface area contributed by atoms with Gasteiger partial charge in [-0.25, -0.2) is 18.2 Å². The summed E-state index contributed by atoms with van der Waals surface area (Å²) in [6.07, 6.45) is 1.23. The van der Waals surface area contributed by atoms with Gasteiger partial charge in [0.15, 0.2) is 0 Å². The summed E-state index contributed by atoms with van der Waals surface area (Å²) in [7, 11) is -3.66. The summed E-state index contributed by atoms with van der Waals surface area (Å²) in [5.74, 6) is -1.47. The predicted octanol–water partition coefficient (Wildman–Crippen LogP) is 2.38. The third-order valence-corrected chi connectivity index (χ3v) is 4.03. The zero-order chi connectivity index (χ0) is 15.5. The molecule has 0 fully saturated rings. The van der Waals surface area contributed by atoms with Gasteiger partial charge in [0, 0.05) is 11.2 Å². The molecule has 0 aliphatic rings. The van der Waals surface area contributed by atoms with Crippen molar-refractivity contribution in [2.75, 3.05) is 4.72 Å². The van der Waals surface area contributed by atoms with Crippen LogP contribution in [-0.4, -0.2) is 24.5 Å². The molecule has 6 nitrogen and oxygen atoms in total. The second-order valence-corrected chi connectivity index (χ2v) is 6.38. The van der Waals surface area contributed by atoms with Gasteiger partial charge in [-0.2, -0.15) is 0 Å². The molecule has 1 aromatic carbocycles. The maximum absolute atomic E-state index is 12.0. The van der Waals surface area contributed by atoms with Crippen molar-refractivity contribution in [2.45, 2.75) is 5.75 Å². The molecule has 0 spiro atoms. The van der Waals surface area contributed by atoms with E-state index in [0.717, 1.165) is 6.07 Å². The minimum atomic E-state index is -3.66. The van der Waals surface area contributed by atoms with E-state index in [9.17, 15) is 13.2 Å². The van der Waals surface area contributed by atoms with E-state index < -0.39 is 16.0 Å². The maximum atomic E-state index is 12.0. The Morgan fingerprint density at radius 2 is 1.90 bits per heavy atom. The number of halogens is 1. The number of benzene rings is 1. The Balaban J connectivity index is 2.15. The number of rotatable bonds is 5. The monoisotopic (exact) mass is 326 g/mol. The van der Waals surface area contributed by atoms with Gasteiger partial charge in [0.1, 0.15) is 5.69 Å². The third-order valence-electron chi connectivity index (χ3n) is 2.52. The molecule has 0 radical (unpaired) electrons. The molecule has 0 atom stereocenters. The van der Waals surface area contributed by atoms with Crippen LogP contribution >= 0.6 is 11.6 Å². The highest BCUT2D eigenvalue weighted by Crippen LogP contribution is 2.15. The Labute approximate surface area is 126 Å². The Hall–Kier alpha value is -2.12. The van der Waals surface area contributed by atoms with Crippen LogP contribution in [0.1, 0.15) is 16.1 Å². The van der Waals surface area contributed by atoms with E-state index in [1.165, 1.54) is 12.3 Å². The van der Waals surface area contributed by atoms with Crippen molar-refractivity contribution in [3.05, 3.63) is 58.9 Å². The topological polar surface area (TPSA) is 96.4 Å². The Morgan fingerprint density at radius 1 is 1.24 bits per heavy atom. The zero-order valence-corrected chi connectivity index (χ0v) is 12.2. The third kappa shape index (κ3) is 4.44. The van der Waals surface area contributed by atoms with Gasteiger partial charge in [0.2, 0.25) is 10.0 Å². The van der Waals surface area contributed by atoms with Gasteiger partial charge < -0.3 is 5.11 Å². The van der Waals surface area contributed by atoms with Crippen LogP contribution in [0.3, 0.4) is 0 Å². The normalized spacial score (nSPS) is 11.1. The molecular formula is C13H11ClN2O4S. The Kier molecular flexibility index (Phi) is 4.44. The van der Waals surface area contributed by atoms with Crippen molar-refractivity contribution in [2.24, 2.45) is 0 Å². The van der Waals surface area contributed by atoms with E-state index in [1.807, 2.05) is 0 Å². The number of hydrogen-bond acceptors (Lipinski definition) is 4. The second kappa shape index (κ2) is 6.11. The highest BCUT2D eigenvalue weighted by molar-refractivity contribution is 7.91. The van der Waals surface area contributed by atoms with Crippen LogP contribution in [0.2, 0.25) is 5.02 Å². The van der Waals surface area contributed by atoms with Crippen LogP contribution in [0, 0.1) is 0 Å². The molecule has 0 amide bonds. The summed E-state index contributed by atoms with van der Waals surface area (Å²) < 4.78 is 26.4. The first-order valence-electron chi connectivity index (χ1n) is 5.80. The van der Waals surface area contributed by atoms with Gasteiger partial charge >= 0.3 is 5.97 Å². The number of pyridine rings is 1. The SMILES string of the molecule is O=C(O)c1cc(NS(=O)(=O)Cc2ccc(Cl)cc2)ccn1. The molecule has 2 rings (SSSR count). The molecule has 0 bridgehead atoms. The number of carboxylic acids is 1. The van der Waals surface area contributed by atoms with E-state index in [0.29, 0.717) is 10.6 Å². The number of aromatic carboxylic acids is 1. The Morgan fingerprint density at radius 3 is 2.52 bits per heavy atom. The van der Waals surface area contributed by atoms with Gasteiger partial charge in [-0.15, -0.1) is 0 Å². The zero-order valence-electron chi connectivity index (χ0n) is 10.7. The lowest BCUT2D eigenvalue weighted by atomic mass is 10.2. The summed E-state index contributed by atoms with van der Waals surface area (Å²) in [5, 5.41) is 9.33. The lowest BCUT2D eigenvalue weighted by molar-refractivity contribution is 0.0690. The molecule has 2 N–H and O–H groups in total. The van der Waals surface area contributed by atoms with Gasteiger partial charge in [-0.3, -0.25) is 4.72 Å². The Bertz CT molecular complexity index is 760. The standard InChI is InChI=1S/C13H11ClN2O4S/c14-10-3-1-9(2-4-10)8-21(19,20)16-11-5-6-15-12(7-11)13(17)18/h1-7H,8H2,(H,15,16)(H,17,18). The minimum Gasteiger partial charge on any atom is -0.477 e. The number of sulfonamides is 1. The van der Waals surface area contributed by atoms with Gasteiger partial charge in [0.25, 0.3) is 0 Å². The van der Waals surface area contributed by atoms with E-state index >= 15 is 0 Å². The molecule has 110 valence electrons. The van der Waals surface area contributed by atoms with Gasteiger partial charge in [0.05, 0.1) is 11.4 Å². The first-order valence-corrected chi connectivity index (χ1v) is 7.83. The van der Waals surface area contributed by atoms with Crippen molar-refractivity contribution < 1.29 is 18.3 Å². The lowest BCUT2D eigenvalue weighted by Gasteiger charge is -2.08. The summed E-state index contributed by atoms with van der Waals surface area (Å²) in [4.78, 5) is 14.4. The van der Waals surface area contributed by atoms with Crippen LogP contribution in [0.15, 0.2) is 42.6 Å². The predicted molar refractivity (Wildman–Crippen MR) is 78.9 cm³/mol. The highest BCUT2D eigenvalue weighted by atomic mass is 35.5. The summed E-state index contributed by atoms with van der Waals surface area (Å²) >= 11 is 5.73. The van der Waals surface area contributed by atoms with Crippen molar-refractivity contribution in [1.82, 2.24) is 4.98 Å². The average molecular weight is 327 g/mol. The lowest BCUT2D eigenvalue weighted by Crippen LogP contribution is -2.15. The first-order chi connectivity index (χ1) is 9.85.